The maximum absolute atomic E-state index is 10.1. The zero-order chi connectivity index (χ0) is 15.1. The van der Waals surface area contributed by atoms with Crippen LogP contribution in [0.4, 0.5) is 11.4 Å². The van der Waals surface area contributed by atoms with Gasteiger partial charge in [-0.3, -0.25) is 10.1 Å². The first-order valence-corrected chi connectivity index (χ1v) is 4.74. The number of non-ortho nitro benzene ring substituents is 1. The van der Waals surface area contributed by atoms with Gasteiger partial charge in [-0.25, -0.2) is 12.1 Å². The Hall–Kier alpha value is -2.23. The minimum absolute atomic E-state index is 0. The van der Waals surface area contributed by atoms with Crippen LogP contribution in [-0.2, 0) is 26.4 Å². The Labute approximate surface area is 127 Å². The number of nitro groups is 1. The van der Waals surface area contributed by atoms with E-state index in [1.807, 2.05) is 30.3 Å². The monoisotopic (exact) mass is 314 g/mol. The first kappa shape index (κ1) is 22.9. The van der Waals surface area contributed by atoms with Gasteiger partial charge in [-0.2, -0.15) is 18.2 Å². The summed E-state index contributed by atoms with van der Waals surface area (Å²) in [5.74, 6) is 0. The van der Waals surface area contributed by atoms with Gasteiger partial charge < -0.3 is 5.73 Å². The number of nitrogens with zero attached hydrogens (tertiary/aromatic N) is 1. The number of nitrogens with one attached hydrogen (secondary N) is 1. The molecule has 2 aromatic rings. The summed E-state index contributed by atoms with van der Waals surface area (Å²) in [5.41, 5.74) is 7.32. The van der Waals surface area contributed by atoms with Crippen molar-refractivity contribution in [3.63, 3.8) is 0 Å². The molecule has 0 aliphatic heterocycles. The molecule has 1 N–H and O–H groups in total. The van der Waals surface area contributed by atoms with E-state index in [0.717, 1.165) is 0 Å². The summed E-state index contributed by atoms with van der Waals surface area (Å²) < 4.78 is 15.0. The van der Waals surface area contributed by atoms with E-state index < -0.39 is 4.92 Å². The zero-order valence-electron chi connectivity index (χ0n) is 10.1. The summed E-state index contributed by atoms with van der Waals surface area (Å²) in [4.78, 5) is 9.57. The van der Waals surface area contributed by atoms with Crippen molar-refractivity contribution in [2.75, 3.05) is 0 Å². The van der Waals surface area contributed by atoms with Crippen molar-refractivity contribution in [1.29, 1.82) is 0 Å². The number of benzene rings is 1. The second kappa shape index (κ2) is 16.8. The van der Waals surface area contributed by atoms with Crippen LogP contribution >= 0.6 is 0 Å². The third-order valence-corrected chi connectivity index (χ3v) is 1.63. The molecular formula is C13H10FeN2O4-2. The molecule has 0 spiro atoms. The van der Waals surface area contributed by atoms with Crippen LogP contribution in [0.25, 0.3) is 5.73 Å². The molecule has 2 rings (SSSR count). The van der Waals surface area contributed by atoms with E-state index in [1.54, 1.807) is 0 Å². The van der Waals surface area contributed by atoms with E-state index in [4.69, 9.17) is 15.0 Å². The van der Waals surface area contributed by atoms with Crippen LogP contribution in [0.3, 0.4) is 0 Å². The van der Waals surface area contributed by atoms with Gasteiger partial charge >= 0.3 is 22.6 Å². The van der Waals surface area contributed by atoms with E-state index in [9.17, 15) is 10.1 Å². The number of nitro benzene ring substituents is 1. The molecule has 0 aliphatic rings. The molecule has 0 bridgehead atoms. The molecule has 0 fully saturated rings. The van der Waals surface area contributed by atoms with Gasteiger partial charge in [-0.15, -0.1) is 5.69 Å². The summed E-state index contributed by atoms with van der Waals surface area (Å²) >= 11 is 0. The quantitative estimate of drug-likeness (QED) is 0.263. The average Bonchev–Trinajstić information content (AvgIpc) is 3.03. The fraction of sp³-hybridized carbons (Fsp3) is 0. The van der Waals surface area contributed by atoms with Crippen molar-refractivity contribution in [2.45, 2.75) is 0 Å². The van der Waals surface area contributed by atoms with E-state index in [1.165, 1.54) is 24.3 Å². The topological polar surface area (TPSA) is 107 Å². The average molecular weight is 314 g/mol. The molecule has 0 saturated heterocycles. The Morgan fingerprint density at radius 3 is 1.70 bits per heavy atom. The van der Waals surface area contributed by atoms with E-state index in [0.29, 0.717) is 0 Å². The third kappa shape index (κ3) is 12.2. The Morgan fingerprint density at radius 2 is 1.45 bits per heavy atom. The molecule has 0 unspecified atom stereocenters. The van der Waals surface area contributed by atoms with Crippen LogP contribution < -0.4 is 0 Å². The molecule has 7 heteroatoms. The van der Waals surface area contributed by atoms with Crippen molar-refractivity contribution in [1.82, 2.24) is 0 Å². The van der Waals surface area contributed by atoms with Gasteiger partial charge in [-0.05, 0) is 0 Å². The number of hydrogen-bond acceptors (Lipinski definition) is 2. The fourth-order valence-electron chi connectivity index (χ4n) is 0.904. The van der Waals surface area contributed by atoms with Crippen molar-refractivity contribution < 1.29 is 31.3 Å². The van der Waals surface area contributed by atoms with Crippen molar-refractivity contribution in [3.05, 3.63) is 83.7 Å². The van der Waals surface area contributed by atoms with Crippen molar-refractivity contribution in [2.24, 2.45) is 0 Å². The molecular weight excluding hydrogens is 304 g/mol. The van der Waals surface area contributed by atoms with E-state index >= 15 is 0 Å². The summed E-state index contributed by atoms with van der Waals surface area (Å²) in [6, 6.07) is 15.4. The molecule has 2 aromatic carbocycles. The minimum atomic E-state index is -0.487. The molecule has 0 atom stereocenters. The SMILES string of the molecule is [C-]#[O+].[C-]#[O+].[Fe].[NH-]c1ccc([N+](=O)[O-])cc1.c1cc[cH-]c1. The molecule has 20 heavy (non-hydrogen) atoms. The predicted molar refractivity (Wildman–Crippen MR) is 67.0 cm³/mol. The molecule has 0 amide bonds. The Balaban J connectivity index is -0.000000246. The standard InChI is InChI=1S/C6H5N2O2.C5H5.2CO.Fe/c7-5-1-3-6(4-2-5)8(9)10;1-2-4-5-3-1;2*1-2;/h1-4,7H;1-5H;;;/q2*-1;;;. The maximum Gasteiger partial charge on any atom is 0.269 e. The van der Waals surface area contributed by atoms with Gasteiger partial charge in [0, 0.05) is 29.2 Å². The number of hydrogen-bond donors (Lipinski definition) is 0. The fourth-order valence-corrected chi connectivity index (χ4v) is 0.904. The Bertz CT molecular complexity index is 455. The van der Waals surface area contributed by atoms with Gasteiger partial charge in [0.05, 0.1) is 4.92 Å². The van der Waals surface area contributed by atoms with E-state index in [-0.39, 0.29) is 28.4 Å². The Kier molecular flexibility index (Phi) is 19.2. The van der Waals surface area contributed by atoms with Crippen molar-refractivity contribution >= 4 is 11.4 Å². The van der Waals surface area contributed by atoms with Gasteiger partial charge in [-0.1, -0.05) is 12.1 Å². The molecule has 0 saturated carbocycles. The molecule has 0 aromatic heterocycles. The van der Waals surface area contributed by atoms with Crippen LogP contribution in [-0.4, -0.2) is 4.92 Å². The number of rotatable bonds is 1. The van der Waals surface area contributed by atoms with Crippen LogP contribution in [0, 0.1) is 23.4 Å². The second-order valence-electron chi connectivity index (χ2n) is 2.77. The molecule has 106 valence electrons. The van der Waals surface area contributed by atoms with Crippen LogP contribution in [0.5, 0.6) is 0 Å². The van der Waals surface area contributed by atoms with E-state index in [2.05, 4.69) is 13.3 Å². The summed E-state index contributed by atoms with van der Waals surface area (Å²) in [6.45, 7) is 9.00. The van der Waals surface area contributed by atoms with Crippen LogP contribution in [0.2, 0.25) is 0 Å². The minimum Gasteiger partial charge on any atom is -0.699 e. The van der Waals surface area contributed by atoms with Crippen LogP contribution in [0.15, 0.2) is 54.6 Å². The molecule has 0 heterocycles. The summed E-state index contributed by atoms with van der Waals surface area (Å²) in [5, 5.41) is 10.1. The van der Waals surface area contributed by atoms with Gasteiger partial charge in [0.1, 0.15) is 0 Å². The molecule has 6 nitrogen and oxygen atoms in total. The predicted octanol–water partition coefficient (Wildman–Crippen LogP) is 3.61. The molecule has 0 radical (unpaired) electrons. The normalized spacial score (nSPS) is 6.80. The summed E-state index contributed by atoms with van der Waals surface area (Å²) in [7, 11) is 0. The summed E-state index contributed by atoms with van der Waals surface area (Å²) in [6.07, 6.45) is 0. The van der Waals surface area contributed by atoms with Gasteiger partial charge in [0.25, 0.3) is 5.69 Å². The maximum atomic E-state index is 10.1. The zero-order valence-corrected chi connectivity index (χ0v) is 11.2. The van der Waals surface area contributed by atoms with Gasteiger partial charge in [0.15, 0.2) is 0 Å². The second-order valence-corrected chi connectivity index (χ2v) is 2.77. The third-order valence-electron chi connectivity index (χ3n) is 1.63. The molecule has 0 aliphatic carbocycles. The van der Waals surface area contributed by atoms with Crippen molar-refractivity contribution in [3.8, 4) is 0 Å². The first-order valence-electron chi connectivity index (χ1n) is 4.74. The van der Waals surface area contributed by atoms with Crippen LogP contribution in [0.1, 0.15) is 0 Å². The smallest absolute Gasteiger partial charge is 0.269 e. The Morgan fingerprint density at radius 1 is 1.05 bits per heavy atom. The first-order chi connectivity index (χ1) is 9.20. The largest absolute Gasteiger partial charge is 0.699 e. The van der Waals surface area contributed by atoms with Gasteiger partial charge in [0.2, 0.25) is 0 Å².